The van der Waals surface area contributed by atoms with Crippen LogP contribution in [0.25, 0.3) is 0 Å². The molecular formula is C19H25N3O3. The molecule has 1 heterocycles. The van der Waals surface area contributed by atoms with Gasteiger partial charge in [0.2, 0.25) is 11.8 Å². The Balaban J connectivity index is 1.52. The number of amides is 3. The number of rotatable bonds is 4. The van der Waals surface area contributed by atoms with Gasteiger partial charge >= 0.3 is 0 Å². The summed E-state index contributed by atoms with van der Waals surface area (Å²) in [5, 5.41) is 5.82. The van der Waals surface area contributed by atoms with E-state index in [1.165, 1.54) is 6.92 Å². The molecule has 1 saturated heterocycles. The van der Waals surface area contributed by atoms with Gasteiger partial charge in [0.05, 0.1) is 0 Å². The molecule has 0 radical (unpaired) electrons. The normalized spacial score (nSPS) is 18.4. The third-order valence-corrected chi connectivity index (χ3v) is 5.03. The van der Waals surface area contributed by atoms with Gasteiger partial charge in [-0.1, -0.05) is 12.5 Å². The van der Waals surface area contributed by atoms with E-state index >= 15 is 0 Å². The van der Waals surface area contributed by atoms with Crippen LogP contribution in [-0.2, 0) is 9.59 Å². The van der Waals surface area contributed by atoms with Crippen molar-refractivity contribution in [3.63, 3.8) is 0 Å². The predicted octanol–water partition coefficient (Wildman–Crippen LogP) is 2.17. The molecule has 1 aromatic rings. The highest BCUT2D eigenvalue weighted by Gasteiger charge is 2.29. The first-order valence-electron chi connectivity index (χ1n) is 9.00. The summed E-state index contributed by atoms with van der Waals surface area (Å²) in [7, 11) is 0. The van der Waals surface area contributed by atoms with Gasteiger partial charge in [-0.15, -0.1) is 0 Å². The van der Waals surface area contributed by atoms with E-state index in [0.717, 1.165) is 32.1 Å². The molecule has 25 heavy (non-hydrogen) atoms. The topological polar surface area (TPSA) is 78.5 Å². The molecule has 0 aromatic heterocycles. The summed E-state index contributed by atoms with van der Waals surface area (Å²) in [4.78, 5) is 37.7. The van der Waals surface area contributed by atoms with Crippen LogP contribution in [0.15, 0.2) is 24.3 Å². The molecule has 2 fully saturated rings. The number of hydrogen-bond donors (Lipinski definition) is 2. The van der Waals surface area contributed by atoms with E-state index in [1.807, 2.05) is 4.90 Å². The Labute approximate surface area is 148 Å². The minimum absolute atomic E-state index is 0.0315. The smallest absolute Gasteiger partial charge is 0.253 e. The second kappa shape index (κ2) is 7.68. The summed E-state index contributed by atoms with van der Waals surface area (Å²) in [6.07, 6.45) is 4.75. The molecule has 6 heteroatoms. The van der Waals surface area contributed by atoms with Crippen molar-refractivity contribution in [3.05, 3.63) is 29.8 Å². The maximum atomic E-state index is 12.7. The van der Waals surface area contributed by atoms with Gasteiger partial charge in [-0.05, 0) is 43.9 Å². The molecule has 1 aliphatic carbocycles. The SMILES string of the molecule is CC(=O)Nc1cccc(C(=O)N2CCC(NC(=O)C3CCC3)CC2)c1. The van der Waals surface area contributed by atoms with Crippen LogP contribution < -0.4 is 10.6 Å². The summed E-state index contributed by atoms with van der Waals surface area (Å²) < 4.78 is 0. The minimum atomic E-state index is -0.160. The first-order valence-corrected chi connectivity index (χ1v) is 9.00. The Kier molecular flexibility index (Phi) is 5.36. The number of piperidine rings is 1. The van der Waals surface area contributed by atoms with E-state index in [-0.39, 0.29) is 29.7 Å². The molecule has 1 saturated carbocycles. The fourth-order valence-corrected chi connectivity index (χ4v) is 3.33. The largest absolute Gasteiger partial charge is 0.353 e. The lowest BCUT2D eigenvalue weighted by Crippen LogP contribution is -2.48. The molecule has 134 valence electrons. The van der Waals surface area contributed by atoms with E-state index in [2.05, 4.69) is 10.6 Å². The van der Waals surface area contributed by atoms with Gasteiger partial charge in [0.25, 0.3) is 5.91 Å². The highest BCUT2D eigenvalue weighted by Crippen LogP contribution is 2.27. The van der Waals surface area contributed by atoms with Crippen molar-refractivity contribution in [3.8, 4) is 0 Å². The summed E-state index contributed by atoms with van der Waals surface area (Å²) >= 11 is 0. The summed E-state index contributed by atoms with van der Waals surface area (Å²) in [5.74, 6) is 0.193. The van der Waals surface area contributed by atoms with Gasteiger partial charge in [0.1, 0.15) is 0 Å². The number of benzene rings is 1. The van der Waals surface area contributed by atoms with E-state index < -0.39 is 0 Å². The van der Waals surface area contributed by atoms with Gasteiger partial charge in [-0.3, -0.25) is 14.4 Å². The number of carbonyl (C=O) groups is 3. The maximum absolute atomic E-state index is 12.7. The van der Waals surface area contributed by atoms with Crippen molar-refractivity contribution < 1.29 is 14.4 Å². The molecule has 0 spiro atoms. The highest BCUT2D eigenvalue weighted by atomic mass is 16.2. The molecule has 6 nitrogen and oxygen atoms in total. The van der Waals surface area contributed by atoms with Crippen molar-refractivity contribution >= 4 is 23.4 Å². The highest BCUT2D eigenvalue weighted by molar-refractivity contribution is 5.96. The van der Waals surface area contributed by atoms with Crippen LogP contribution in [0.3, 0.4) is 0 Å². The summed E-state index contributed by atoms with van der Waals surface area (Å²) in [5.41, 5.74) is 1.20. The summed E-state index contributed by atoms with van der Waals surface area (Å²) in [6.45, 7) is 2.72. The molecule has 1 aromatic carbocycles. The number of hydrogen-bond acceptors (Lipinski definition) is 3. The number of nitrogens with one attached hydrogen (secondary N) is 2. The van der Waals surface area contributed by atoms with Crippen LogP contribution in [0.4, 0.5) is 5.69 Å². The van der Waals surface area contributed by atoms with Crippen LogP contribution in [0.1, 0.15) is 49.4 Å². The van der Waals surface area contributed by atoms with Gasteiger partial charge in [0, 0.05) is 43.2 Å². The van der Waals surface area contributed by atoms with E-state index in [1.54, 1.807) is 24.3 Å². The Bertz CT molecular complexity index is 662. The van der Waals surface area contributed by atoms with Crippen molar-refractivity contribution in [2.45, 2.75) is 45.1 Å². The zero-order chi connectivity index (χ0) is 17.8. The second-order valence-corrected chi connectivity index (χ2v) is 6.96. The quantitative estimate of drug-likeness (QED) is 0.879. The van der Waals surface area contributed by atoms with Crippen LogP contribution in [0.5, 0.6) is 0 Å². The van der Waals surface area contributed by atoms with Gasteiger partial charge in [-0.25, -0.2) is 0 Å². The van der Waals surface area contributed by atoms with Crippen LogP contribution in [-0.4, -0.2) is 41.8 Å². The van der Waals surface area contributed by atoms with Crippen molar-refractivity contribution in [1.82, 2.24) is 10.2 Å². The molecular weight excluding hydrogens is 318 g/mol. The Morgan fingerprint density at radius 3 is 2.40 bits per heavy atom. The Morgan fingerprint density at radius 2 is 1.80 bits per heavy atom. The molecule has 2 aliphatic rings. The lowest BCUT2D eigenvalue weighted by atomic mass is 9.84. The Morgan fingerprint density at radius 1 is 1.08 bits per heavy atom. The third-order valence-electron chi connectivity index (χ3n) is 5.03. The molecule has 2 N–H and O–H groups in total. The third kappa shape index (κ3) is 4.38. The lowest BCUT2D eigenvalue weighted by molar-refractivity contribution is -0.128. The number of anilines is 1. The number of likely N-dealkylation sites (tertiary alicyclic amines) is 1. The molecule has 3 rings (SSSR count). The predicted molar refractivity (Wildman–Crippen MR) is 95.2 cm³/mol. The zero-order valence-corrected chi connectivity index (χ0v) is 14.6. The molecule has 0 unspecified atom stereocenters. The zero-order valence-electron chi connectivity index (χ0n) is 14.6. The van der Waals surface area contributed by atoms with Crippen molar-refractivity contribution in [1.29, 1.82) is 0 Å². The fraction of sp³-hybridized carbons (Fsp3) is 0.526. The van der Waals surface area contributed by atoms with E-state index in [0.29, 0.717) is 24.3 Å². The van der Waals surface area contributed by atoms with Crippen LogP contribution >= 0.6 is 0 Å². The molecule has 1 aliphatic heterocycles. The fourth-order valence-electron chi connectivity index (χ4n) is 3.33. The lowest BCUT2D eigenvalue weighted by Gasteiger charge is -2.34. The summed E-state index contributed by atoms with van der Waals surface area (Å²) in [6, 6.07) is 7.17. The van der Waals surface area contributed by atoms with Gasteiger partial charge < -0.3 is 15.5 Å². The van der Waals surface area contributed by atoms with Crippen LogP contribution in [0, 0.1) is 5.92 Å². The molecule has 0 atom stereocenters. The van der Waals surface area contributed by atoms with Crippen molar-refractivity contribution in [2.24, 2.45) is 5.92 Å². The van der Waals surface area contributed by atoms with Gasteiger partial charge in [-0.2, -0.15) is 0 Å². The van der Waals surface area contributed by atoms with Gasteiger partial charge in [0.15, 0.2) is 0 Å². The van der Waals surface area contributed by atoms with Crippen molar-refractivity contribution in [2.75, 3.05) is 18.4 Å². The van der Waals surface area contributed by atoms with E-state index in [4.69, 9.17) is 0 Å². The average molecular weight is 343 g/mol. The first-order chi connectivity index (χ1) is 12.0. The molecule has 0 bridgehead atoms. The molecule has 3 amide bonds. The number of carbonyl (C=O) groups excluding carboxylic acids is 3. The Hall–Kier alpha value is -2.37. The monoisotopic (exact) mass is 343 g/mol. The maximum Gasteiger partial charge on any atom is 0.253 e. The second-order valence-electron chi connectivity index (χ2n) is 6.96. The first kappa shape index (κ1) is 17.5. The number of nitrogens with zero attached hydrogens (tertiary/aromatic N) is 1. The average Bonchev–Trinajstić information content (AvgIpc) is 2.53. The minimum Gasteiger partial charge on any atom is -0.353 e. The van der Waals surface area contributed by atoms with Crippen LogP contribution in [0.2, 0.25) is 0 Å². The standard InChI is InChI=1S/C19H25N3O3/c1-13(23)20-17-7-3-6-15(12-17)19(25)22-10-8-16(9-11-22)21-18(24)14-4-2-5-14/h3,6-7,12,14,16H,2,4-5,8-11H2,1H3,(H,20,23)(H,21,24). The van der Waals surface area contributed by atoms with E-state index in [9.17, 15) is 14.4 Å².